The normalized spacial score (nSPS) is 14.9. The molecule has 1 aliphatic carbocycles. The number of nitrogens with one attached hydrogen (secondary N) is 2. The summed E-state index contributed by atoms with van der Waals surface area (Å²) in [5, 5.41) is 14.9. The number of aliphatic hydroxyl groups excluding tert-OH is 1. The molecule has 2 amide bonds. The van der Waals surface area contributed by atoms with Crippen LogP contribution in [-0.4, -0.2) is 30.1 Å². The van der Waals surface area contributed by atoms with E-state index >= 15 is 0 Å². The summed E-state index contributed by atoms with van der Waals surface area (Å²) in [4.78, 5) is 24.4. The number of amides is 2. The molecule has 0 atom stereocenters. The Kier molecular flexibility index (Phi) is 4.40. The molecule has 1 aromatic heterocycles. The van der Waals surface area contributed by atoms with E-state index in [2.05, 4.69) is 10.6 Å². The van der Waals surface area contributed by atoms with Crippen LogP contribution >= 0.6 is 0 Å². The molecule has 0 saturated heterocycles. The van der Waals surface area contributed by atoms with Gasteiger partial charge in [-0.3, -0.25) is 9.59 Å². The summed E-state index contributed by atoms with van der Waals surface area (Å²) < 4.78 is 5.07. The van der Waals surface area contributed by atoms with Crippen LogP contribution in [0.1, 0.15) is 39.3 Å². The lowest BCUT2D eigenvalue weighted by molar-refractivity contribution is 0.0933. The van der Waals surface area contributed by atoms with Gasteiger partial charge in [0, 0.05) is 23.2 Å². The average Bonchev–Trinajstić information content (AvgIpc) is 3.15. The molecule has 6 nitrogen and oxygen atoms in total. The van der Waals surface area contributed by atoms with Crippen LogP contribution in [0.15, 0.2) is 41.0 Å². The van der Waals surface area contributed by atoms with Gasteiger partial charge in [0.1, 0.15) is 0 Å². The second-order valence-corrected chi connectivity index (χ2v) is 6.30. The number of hydrogen-bond donors (Lipinski definition) is 3. The van der Waals surface area contributed by atoms with Crippen molar-refractivity contribution in [1.82, 2.24) is 5.32 Å². The molecule has 0 spiro atoms. The van der Waals surface area contributed by atoms with Gasteiger partial charge in [-0.2, -0.15) is 0 Å². The molecule has 3 rings (SSSR count). The Bertz CT molecular complexity index is 748. The van der Waals surface area contributed by atoms with Crippen molar-refractivity contribution in [2.75, 3.05) is 18.5 Å². The van der Waals surface area contributed by atoms with E-state index in [9.17, 15) is 14.7 Å². The predicted octanol–water partition coefficient (Wildman–Crippen LogP) is 2.34. The molecule has 0 radical (unpaired) electrons. The molecular weight excluding hydrogens is 308 g/mol. The SMILES string of the molecule is Cc1ccc(C(=O)NCC2(CO)CC2)cc1NC(=O)c1ccco1. The topological polar surface area (TPSA) is 91.6 Å². The highest BCUT2D eigenvalue weighted by Gasteiger charge is 2.42. The number of rotatable bonds is 6. The summed E-state index contributed by atoms with van der Waals surface area (Å²) in [5.74, 6) is -0.371. The van der Waals surface area contributed by atoms with E-state index in [-0.39, 0.29) is 29.6 Å². The van der Waals surface area contributed by atoms with Gasteiger partial charge in [-0.25, -0.2) is 0 Å². The zero-order valence-corrected chi connectivity index (χ0v) is 13.5. The number of carbonyl (C=O) groups excluding carboxylic acids is 2. The van der Waals surface area contributed by atoms with Crippen LogP contribution in [0, 0.1) is 12.3 Å². The van der Waals surface area contributed by atoms with Gasteiger partial charge in [-0.1, -0.05) is 6.07 Å². The third-order valence-electron chi connectivity index (χ3n) is 4.41. The number of benzene rings is 1. The maximum atomic E-state index is 12.3. The molecule has 1 aromatic carbocycles. The Morgan fingerprint density at radius 2 is 2.04 bits per heavy atom. The van der Waals surface area contributed by atoms with Crippen LogP contribution in [0.25, 0.3) is 0 Å². The van der Waals surface area contributed by atoms with E-state index in [1.165, 1.54) is 6.26 Å². The molecule has 1 saturated carbocycles. The molecule has 126 valence electrons. The summed E-state index contributed by atoms with van der Waals surface area (Å²) in [7, 11) is 0. The van der Waals surface area contributed by atoms with Gasteiger partial charge in [0.2, 0.25) is 0 Å². The molecule has 1 aliphatic rings. The monoisotopic (exact) mass is 328 g/mol. The third kappa shape index (κ3) is 3.49. The van der Waals surface area contributed by atoms with E-state index in [1.54, 1.807) is 30.3 Å². The highest BCUT2D eigenvalue weighted by molar-refractivity contribution is 6.03. The predicted molar refractivity (Wildman–Crippen MR) is 88.9 cm³/mol. The van der Waals surface area contributed by atoms with Crippen LogP contribution in [0.4, 0.5) is 5.69 Å². The third-order valence-corrected chi connectivity index (χ3v) is 4.41. The van der Waals surface area contributed by atoms with Crippen molar-refractivity contribution in [2.24, 2.45) is 5.41 Å². The fraction of sp³-hybridized carbons (Fsp3) is 0.333. The quantitative estimate of drug-likeness (QED) is 0.759. The van der Waals surface area contributed by atoms with Crippen LogP contribution < -0.4 is 10.6 Å². The molecule has 6 heteroatoms. The number of aliphatic hydroxyl groups is 1. The van der Waals surface area contributed by atoms with Gasteiger partial charge in [0.15, 0.2) is 5.76 Å². The zero-order valence-electron chi connectivity index (χ0n) is 13.5. The number of carbonyl (C=O) groups is 2. The first-order valence-corrected chi connectivity index (χ1v) is 7.88. The smallest absolute Gasteiger partial charge is 0.291 e. The number of furan rings is 1. The van der Waals surface area contributed by atoms with E-state index in [0.29, 0.717) is 17.8 Å². The number of hydrogen-bond acceptors (Lipinski definition) is 4. The molecule has 1 heterocycles. The maximum absolute atomic E-state index is 12.3. The highest BCUT2D eigenvalue weighted by Crippen LogP contribution is 2.44. The van der Waals surface area contributed by atoms with Crippen LogP contribution in [-0.2, 0) is 0 Å². The maximum Gasteiger partial charge on any atom is 0.291 e. The Morgan fingerprint density at radius 3 is 2.67 bits per heavy atom. The molecule has 2 aromatic rings. The standard InChI is InChI=1S/C18H20N2O4/c1-12-4-5-13(16(22)19-10-18(11-21)6-7-18)9-14(12)20-17(23)15-3-2-8-24-15/h2-5,8-9,21H,6-7,10-11H2,1H3,(H,19,22)(H,20,23). The van der Waals surface area contributed by atoms with Crippen molar-refractivity contribution >= 4 is 17.5 Å². The molecule has 1 fully saturated rings. The molecular formula is C18H20N2O4. The molecule has 3 N–H and O–H groups in total. The fourth-order valence-corrected chi connectivity index (χ4v) is 2.43. The van der Waals surface area contributed by atoms with Gasteiger partial charge in [-0.15, -0.1) is 0 Å². The lowest BCUT2D eigenvalue weighted by atomic mass is 10.1. The van der Waals surface area contributed by atoms with Crippen LogP contribution in [0.5, 0.6) is 0 Å². The minimum atomic E-state index is -0.363. The lowest BCUT2D eigenvalue weighted by Crippen LogP contribution is -2.31. The van der Waals surface area contributed by atoms with Gasteiger partial charge < -0.3 is 20.2 Å². The second kappa shape index (κ2) is 6.49. The van der Waals surface area contributed by atoms with Gasteiger partial charge in [0.25, 0.3) is 11.8 Å². The first-order chi connectivity index (χ1) is 11.5. The Morgan fingerprint density at radius 1 is 1.25 bits per heavy atom. The van der Waals surface area contributed by atoms with Gasteiger partial charge >= 0.3 is 0 Å². The van der Waals surface area contributed by atoms with Crippen LogP contribution in [0.2, 0.25) is 0 Å². The summed E-state index contributed by atoms with van der Waals surface area (Å²) in [6, 6.07) is 8.35. The van der Waals surface area contributed by atoms with Crippen molar-refractivity contribution in [1.29, 1.82) is 0 Å². The average molecular weight is 328 g/mol. The summed E-state index contributed by atoms with van der Waals surface area (Å²) in [5.41, 5.74) is 1.73. The number of anilines is 1. The molecule has 0 aliphatic heterocycles. The summed E-state index contributed by atoms with van der Waals surface area (Å²) in [6.07, 6.45) is 3.30. The first kappa shape index (κ1) is 16.3. The molecule has 0 bridgehead atoms. The highest BCUT2D eigenvalue weighted by atomic mass is 16.3. The minimum absolute atomic E-state index is 0.0889. The van der Waals surface area contributed by atoms with Crippen molar-refractivity contribution in [3.05, 3.63) is 53.5 Å². The minimum Gasteiger partial charge on any atom is -0.459 e. The van der Waals surface area contributed by atoms with E-state index in [4.69, 9.17) is 4.42 Å². The van der Waals surface area contributed by atoms with Crippen molar-refractivity contribution in [3.8, 4) is 0 Å². The lowest BCUT2D eigenvalue weighted by Gasteiger charge is -2.14. The van der Waals surface area contributed by atoms with E-state index in [0.717, 1.165) is 18.4 Å². The van der Waals surface area contributed by atoms with E-state index in [1.807, 2.05) is 6.92 Å². The zero-order chi connectivity index (χ0) is 17.2. The van der Waals surface area contributed by atoms with Crippen molar-refractivity contribution < 1.29 is 19.1 Å². The van der Waals surface area contributed by atoms with Crippen molar-refractivity contribution in [3.63, 3.8) is 0 Å². The molecule has 24 heavy (non-hydrogen) atoms. The first-order valence-electron chi connectivity index (χ1n) is 7.88. The largest absolute Gasteiger partial charge is 0.459 e. The van der Waals surface area contributed by atoms with Crippen molar-refractivity contribution in [2.45, 2.75) is 19.8 Å². The Hall–Kier alpha value is -2.60. The molecule has 0 unspecified atom stereocenters. The van der Waals surface area contributed by atoms with Gasteiger partial charge in [0.05, 0.1) is 12.9 Å². The van der Waals surface area contributed by atoms with Crippen LogP contribution in [0.3, 0.4) is 0 Å². The fourth-order valence-electron chi connectivity index (χ4n) is 2.43. The number of aryl methyl sites for hydroxylation is 1. The summed E-state index contributed by atoms with van der Waals surface area (Å²) >= 11 is 0. The summed E-state index contributed by atoms with van der Waals surface area (Å²) in [6.45, 7) is 2.40. The Labute approximate surface area is 139 Å². The van der Waals surface area contributed by atoms with Gasteiger partial charge in [-0.05, 0) is 49.6 Å². The Balaban J connectivity index is 1.69. The van der Waals surface area contributed by atoms with E-state index < -0.39 is 0 Å². The second-order valence-electron chi connectivity index (χ2n) is 6.30.